The minimum absolute atomic E-state index is 0.0369. The van der Waals surface area contributed by atoms with Gasteiger partial charge in [0.15, 0.2) is 11.5 Å². The molecule has 1 aliphatic heterocycles. The number of likely N-dealkylation sites (tertiary alicyclic amines) is 1. The van der Waals surface area contributed by atoms with E-state index >= 15 is 0 Å². The highest BCUT2D eigenvalue weighted by Gasteiger charge is 2.46. The van der Waals surface area contributed by atoms with E-state index in [1.54, 1.807) is 13.8 Å². The first-order valence-electron chi connectivity index (χ1n) is 12.8. The van der Waals surface area contributed by atoms with E-state index in [9.17, 15) is 32.3 Å². The zero-order chi connectivity index (χ0) is 29.1. The fraction of sp³-hybridized carbons (Fsp3) is 0.519. The number of Topliss-reactive ketones (excluding diaryl/α,β-unsaturated/α-hetero) is 1. The van der Waals surface area contributed by atoms with Crippen LogP contribution in [0.5, 0.6) is 0 Å². The first-order valence-corrected chi connectivity index (χ1v) is 12.8. The molecule has 2 N–H and O–H groups in total. The number of rotatable bonds is 9. The Balaban J connectivity index is 1.73. The summed E-state index contributed by atoms with van der Waals surface area (Å²) in [5.74, 6) is -4.93. The molecule has 1 fully saturated rings. The van der Waals surface area contributed by atoms with Gasteiger partial charge < -0.3 is 20.1 Å². The Morgan fingerprint density at radius 2 is 1.62 bits per heavy atom. The second kappa shape index (κ2) is 12.0. The van der Waals surface area contributed by atoms with E-state index in [2.05, 4.69) is 15.8 Å². The average molecular weight is 551 g/mol. The molecule has 0 unspecified atom stereocenters. The standard InChI is InChI=1S/C27H33F3N4O5/c1-14(2)21(23(35)27(28,29)30)31-25(37)19-7-6-12-34(19)26(38)22(15(3)4)32-24(36)18-13-20(39-33-18)17-10-8-16(5)9-11-17/h8-11,13-15,19,21-22H,6-7,12H2,1-5H3,(H,31,37)(H,32,36)/t19-,21-,22-/m0/s1. The van der Waals surface area contributed by atoms with Gasteiger partial charge in [-0.1, -0.05) is 62.7 Å². The van der Waals surface area contributed by atoms with Crippen LogP contribution in [-0.4, -0.2) is 64.4 Å². The van der Waals surface area contributed by atoms with E-state index in [1.165, 1.54) is 24.8 Å². The summed E-state index contributed by atoms with van der Waals surface area (Å²) in [6.45, 7) is 8.33. The molecular weight excluding hydrogens is 517 g/mol. The van der Waals surface area contributed by atoms with Gasteiger partial charge in [0.1, 0.15) is 12.1 Å². The number of alkyl halides is 3. The van der Waals surface area contributed by atoms with Gasteiger partial charge in [0.05, 0.1) is 6.04 Å². The van der Waals surface area contributed by atoms with E-state index in [0.29, 0.717) is 12.2 Å². The summed E-state index contributed by atoms with van der Waals surface area (Å²) in [4.78, 5) is 52.5. The maximum Gasteiger partial charge on any atom is 0.452 e. The van der Waals surface area contributed by atoms with Crippen molar-refractivity contribution >= 4 is 23.5 Å². The van der Waals surface area contributed by atoms with E-state index in [-0.39, 0.29) is 24.6 Å². The third-order valence-electron chi connectivity index (χ3n) is 6.66. The van der Waals surface area contributed by atoms with Crippen LogP contribution in [0.2, 0.25) is 0 Å². The van der Waals surface area contributed by atoms with Gasteiger partial charge in [-0.3, -0.25) is 19.2 Å². The molecule has 0 spiro atoms. The van der Waals surface area contributed by atoms with Crippen molar-refractivity contribution in [2.24, 2.45) is 11.8 Å². The summed E-state index contributed by atoms with van der Waals surface area (Å²) in [6, 6.07) is 4.99. The first kappa shape index (κ1) is 29.9. The van der Waals surface area contributed by atoms with Crippen LogP contribution in [-0.2, 0) is 14.4 Å². The number of aromatic nitrogens is 1. The average Bonchev–Trinajstić information content (AvgIpc) is 3.55. The lowest BCUT2D eigenvalue weighted by atomic mass is 9.98. The van der Waals surface area contributed by atoms with Crippen LogP contribution in [0, 0.1) is 18.8 Å². The lowest BCUT2D eigenvalue weighted by molar-refractivity contribution is -0.175. The molecule has 1 aromatic heterocycles. The summed E-state index contributed by atoms with van der Waals surface area (Å²) >= 11 is 0. The van der Waals surface area contributed by atoms with Crippen molar-refractivity contribution in [2.45, 2.75) is 71.8 Å². The summed E-state index contributed by atoms with van der Waals surface area (Å²) in [5, 5.41) is 8.66. The van der Waals surface area contributed by atoms with Crippen molar-refractivity contribution in [3.05, 3.63) is 41.6 Å². The maximum atomic E-state index is 13.5. The van der Waals surface area contributed by atoms with E-state index in [0.717, 1.165) is 11.1 Å². The van der Waals surface area contributed by atoms with E-state index < -0.39 is 53.7 Å². The lowest BCUT2D eigenvalue weighted by Gasteiger charge is -2.31. The molecule has 1 saturated heterocycles. The van der Waals surface area contributed by atoms with Gasteiger partial charge in [0.25, 0.3) is 11.7 Å². The lowest BCUT2D eigenvalue weighted by Crippen LogP contribution is -2.58. The van der Waals surface area contributed by atoms with Crippen LogP contribution in [0.15, 0.2) is 34.9 Å². The normalized spacial score (nSPS) is 17.3. The van der Waals surface area contributed by atoms with Gasteiger partial charge in [0, 0.05) is 18.2 Å². The van der Waals surface area contributed by atoms with Crippen molar-refractivity contribution in [2.75, 3.05) is 6.54 Å². The molecule has 39 heavy (non-hydrogen) atoms. The molecule has 2 heterocycles. The van der Waals surface area contributed by atoms with Crippen LogP contribution < -0.4 is 10.6 Å². The van der Waals surface area contributed by atoms with Crippen LogP contribution in [0.4, 0.5) is 13.2 Å². The highest BCUT2D eigenvalue weighted by atomic mass is 19.4. The molecule has 9 nitrogen and oxygen atoms in total. The van der Waals surface area contributed by atoms with Gasteiger partial charge in [-0.05, 0) is 31.6 Å². The predicted molar refractivity (Wildman–Crippen MR) is 135 cm³/mol. The SMILES string of the molecule is Cc1ccc(-c2cc(C(=O)N[C@H](C(=O)N3CCC[C@H]3C(=O)N[C@H](C(=O)C(F)(F)F)C(C)C)C(C)C)no2)cc1. The third kappa shape index (κ3) is 7.04. The number of halogens is 3. The predicted octanol–water partition coefficient (Wildman–Crippen LogP) is 3.67. The number of ketones is 1. The molecule has 0 bridgehead atoms. The Morgan fingerprint density at radius 3 is 2.18 bits per heavy atom. The minimum Gasteiger partial charge on any atom is -0.355 e. The number of hydrogen-bond acceptors (Lipinski definition) is 6. The second-order valence-electron chi connectivity index (χ2n) is 10.4. The molecule has 3 rings (SSSR count). The Kier molecular flexibility index (Phi) is 9.18. The molecule has 1 aliphatic rings. The van der Waals surface area contributed by atoms with Crippen LogP contribution >= 0.6 is 0 Å². The number of amides is 3. The van der Waals surface area contributed by atoms with Gasteiger partial charge in [0.2, 0.25) is 11.8 Å². The van der Waals surface area contributed by atoms with Crippen molar-refractivity contribution in [1.82, 2.24) is 20.7 Å². The molecule has 3 amide bonds. The van der Waals surface area contributed by atoms with Gasteiger partial charge in [-0.2, -0.15) is 13.2 Å². The van der Waals surface area contributed by atoms with Gasteiger partial charge in [-0.25, -0.2) is 0 Å². The molecule has 12 heteroatoms. The number of benzene rings is 1. The van der Waals surface area contributed by atoms with Crippen LogP contribution in [0.3, 0.4) is 0 Å². The van der Waals surface area contributed by atoms with Gasteiger partial charge in [-0.15, -0.1) is 0 Å². The summed E-state index contributed by atoms with van der Waals surface area (Å²) < 4.78 is 44.4. The quantitative estimate of drug-likeness (QED) is 0.492. The zero-order valence-electron chi connectivity index (χ0n) is 22.5. The first-order chi connectivity index (χ1) is 18.2. The second-order valence-corrected chi connectivity index (χ2v) is 10.4. The zero-order valence-corrected chi connectivity index (χ0v) is 22.5. The van der Waals surface area contributed by atoms with E-state index in [4.69, 9.17) is 4.52 Å². The number of aryl methyl sites for hydroxylation is 1. The van der Waals surface area contributed by atoms with Gasteiger partial charge >= 0.3 is 6.18 Å². The molecule has 0 saturated carbocycles. The molecule has 0 radical (unpaired) electrons. The fourth-order valence-electron chi connectivity index (χ4n) is 4.41. The van der Waals surface area contributed by atoms with Crippen molar-refractivity contribution < 1.29 is 36.9 Å². The minimum atomic E-state index is -5.11. The topological polar surface area (TPSA) is 122 Å². The summed E-state index contributed by atoms with van der Waals surface area (Å²) in [7, 11) is 0. The van der Waals surface area contributed by atoms with Crippen molar-refractivity contribution in [3.8, 4) is 11.3 Å². The smallest absolute Gasteiger partial charge is 0.355 e. The Bertz CT molecular complexity index is 1210. The number of hydrogen-bond donors (Lipinski definition) is 2. The highest BCUT2D eigenvalue weighted by Crippen LogP contribution is 2.25. The molecule has 0 aliphatic carbocycles. The Labute approximate surface area is 224 Å². The molecule has 3 atom stereocenters. The number of nitrogens with zero attached hydrogens (tertiary/aromatic N) is 2. The number of carbonyl (C=O) groups excluding carboxylic acids is 4. The fourth-order valence-corrected chi connectivity index (χ4v) is 4.41. The van der Waals surface area contributed by atoms with Crippen molar-refractivity contribution in [1.29, 1.82) is 0 Å². The van der Waals surface area contributed by atoms with Crippen LogP contribution in [0.1, 0.15) is 56.6 Å². The summed E-state index contributed by atoms with van der Waals surface area (Å²) in [6.07, 6.45) is -4.46. The van der Waals surface area contributed by atoms with E-state index in [1.807, 2.05) is 31.2 Å². The summed E-state index contributed by atoms with van der Waals surface area (Å²) in [5.41, 5.74) is 1.73. The molecule has 212 valence electrons. The largest absolute Gasteiger partial charge is 0.452 e. The van der Waals surface area contributed by atoms with Crippen LogP contribution in [0.25, 0.3) is 11.3 Å². The Hall–Kier alpha value is -3.70. The van der Waals surface area contributed by atoms with Crippen molar-refractivity contribution in [3.63, 3.8) is 0 Å². The Morgan fingerprint density at radius 1 is 1.00 bits per heavy atom. The third-order valence-corrected chi connectivity index (χ3v) is 6.66. The number of carbonyl (C=O) groups is 4. The maximum absolute atomic E-state index is 13.5. The monoisotopic (exact) mass is 550 g/mol. The highest BCUT2D eigenvalue weighted by molar-refractivity contribution is 5.99. The molecular formula is C27H33F3N4O5. The molecule has 1 aromatic carbocycles. The molecule has 2 aromatic rings. The number of nitrogens with one attached hydrogen (secondary N) is 2.